The number of para-hydroxylation sites is 1. The molecule has 5 nitrogen and oxygen atoms in total. The van der Waals surface area contributed by atoms with Gasteiger partial charge in [0.2, 0.25) is 0 Å². The molecule has 2 aromatic carbocycles. The highest BCUT2D eigenvalue weighted by atomic mass is 16.5. The average molecular weight is 364 g/mol. The van der Waals surface area contributed by atoms with Gasteiger partial charge in [0.15, 0.2) is 0 Å². The Hall–Kier alpha value is -2.79. The minimum absolute atomic E-state index is 0.0398. The number of hydrogen-bond acceptors (Lipinski definition) is 4. The number of amides is 1. The normalized spacial score (nSPS) is 18.1. The van der Waals surface area contributed by atoms with Crippen LogP contribution in [0.2, 0.25) is 0 Å². The van der Waals surface area contributed by atoms with E-state index < -0.39 is 0 Å². The number of carbonyl (C=O) groups excluding carboxylic acids is 1. The van der Waals surface area contributed by atoms with Crippen LogP contribution in [-0.4, -0.2) is 45.9 Å². The van der Waals surface area contributed by atoms with Crippen LogP contribution in [0.1, 0.15) is 18.1 Å². The fourth-order valence-corrected chi connectivity index (χ4v) is 3.75. The van der Waals surface area contributed by atoms with E-state index in [0.717, 1.165) is 54.6 Å². The van der Waals surface area contributed by atoms with Crippen LogP contribution >= 0.6 is 0 Å². The maximum absolute atomic E-state index is 12.9. The zero-order valence-corrected chi connectivity index (χ0v) is 15.8. The van der Waals surface area contributed by atoms with Crippen molar-refractivity contribution in [3.63, 3.8) is 0 Å². The van der Waals surface area contributed by atoms with Crippen LogP contribution in [-0.2, 0) is 9.53 Å². The first-order valence-electron chi connectivity index (χ1n) is 9.36. The first kappa shape index (κ1) is 17.6. The molecular weight excluding hydrogens is 340 g/mol. The lowest BCUT2D eigenvalue weighted by atomic mass is 10.0. The van der Waals surface area contributed by atoms with Crippen LogP contribution in [0, 0.1) is 0 Å². The van der Waals surface area contributed by atoms with Crippen LogP contribution < -0.4 is 14.5 Å². The number of fused-ring (bicyclic) bond motifs is 1. The monoisotopic (exact) mass is 364 g/mol. The lowest BCUT2D eigenvalue weighted by molar-refractivity contribution is -0.112. The number of morpholine rings is 1. The van der Waals surface area contributed by atoms with Crippen LogP contribution in [0.5, 0.6) is 5.75 Å². The molecule has 4 rings (SSSR count). The highest BCUT2D eigenvalue weighted by Crippen LogP contribution is 2.39. The Kier molecular flexibility index (Phi) is 4.86. The summed E-state index contributed by atoms with van der Waals surface area (Å²) in [5.74, 6) is 0.810. The molecule has 0 spiro atoms. The Morgan fingerprint density at radius 3 is 2.67 bits per heavy atom. The smallest absolute Gasteiger partial charge is 0.258 e. The number of nitrogens with zero attached hydrogens (tertiary/aromatic N) is 2. The second-order valence-corrected chi connectivity index (χ2v) is 6.65. The molecule has 0 aliphatic carbocycles. The Bertz CT molecular complexity index is 885. The van der Waals surface area contributed by atoms with Gasteiger partial charge in [0.25, 0.3) is 5.91 Å². The zero-order valence-electron chi connectivity index (χ0n) is 15.8. The minimum Gasteiger partial charge on any atom is -0.496 e. The van der Waals surface area contributed by atoms with Crippen LogP contribution in [0.25, 0.3) is 11.6 Å². The van der Waals surface area contributed by atoms with Crippen molar-refractivity contribution in [1.82, 2.24) is 0 Å². The van der Waals surface area contributed by atoms with E-state index in [1.54, 1.807) is 7.11 Å². The Morgan fingerprint density at radius 1 is 1.15 bits per heavy atom. The van der Waals surface area contributed by atoms with Gasteiger partial charge in [0, 0.05) is 48.1 Å². The van der Waals surface area contributed by atoms with Crippen molar-refractivity contribution in [3.05, 3.63) is 53.6 Å². The molecule has 140 valence electrons. The van der Waals surface area contributed by atoms with Gasteiger partial charge in [0.1, 0.15) is 5.75 Å². The molecular formula is C22H24N2O3. The lowest BCUT2D eigenvalue weighted by Crippen LogP contribution is -2.36. The standard InChI is InChI=1S/C22H24N2O3/c1-3-24-20-7-5-4-6-18(20)19(22(24)25)14-16-8-9-17(15-21(16)26-2)23-10-12-27-13-11-23/h4-9,14-15H,3,10-13H2,1-2H3/b19-14+. The lowest BCUT2D eigenvalue weighted by Gasteiger charge is -2.29. The third-order valence-corrected chi connectivity index (χ3v) is 5.17. The number of carbonyl (C=O) groups is 1. The summed E-state index contributed by atoms with van der Waals surface area (Å²) in [6.45, 7) is 5.88. The van der Waals surface area contributed by atoms with E-state index in [0.29, 0.717) is 12.1 Å². The van der Waals surface area contributed by atoms with Gasteiger partial charge in [-0.15, -0.1) is 0 Å². The number of anilines is 2. The fraction of sp³-hybridized carbons (Fsp3) is 0.318. The molecule has 0 aromatic heterocycles. The van der Waals surface area contributed by atoms with Crippen LogP contribution in [0.3, 0.4) is 0 Å². The van der Waals surface area contributed by atoms with Gasteiger partial charge in [0.05, 0.1) is 26.0 Å². The van der Waals surface area contributed by atoms with E-state index in [2.05, 4.69) is 11.0 Å². The summed E-state index contributed by atoms with van der Waals surface area (Å²) in [4.78, 5) is 17.0. The van der Waals surface area contributed by atoms with Gasteiger partial charge < -0.3 is 19.3 Å². The van der Waals surface area contributed by atoms with Gasteiger partial charge in [-0.05, 0) is 31.2 Å². The Labute approximate surface area is 159 Å². The molecule has 0 atom stereocenters. The van der Waals surface area contributed by atoms with Crippen molar-refractivity contribution >= 4 is 28.9 Å². The van der Waals surface area contributed by atoms with Crippen molar-refractivity contribution in [3.8, 4) is 5.75 Å². The molecule has 2 heterocycles. The van der Waals surface area contributed by atoms with Gasteiger partial charge in [-0.2, -0.15) is 0 Å². The summed E-state index contributed by atoms with van der Waals surface area (Å²) < 4.78 is 11.1. The molecule has 27 heavy (non-hydrogen) atoms. The highest BCUT2D eigenvalue weighted by molar-refractivity contribution is 6.35. The topological polar surface area (TPSA) is 42.0 Å². The maximum atomic E-state index is 12.9. The second kappa shape index (κ2) is 7.45. The number of benzene rings is 2. The minimum atomic E-state index is 0.0398. The van der Waals surface area contributed by atoms with E-state index in [1.807, 2.05) is 54.3 Å². The molecule has 2 aliphatic heterocycles. The molecule has 0 unspecified atom stereocenters. The molecule has 0 radical (unpaired) electrons. The van der Waals surface area contributed by atoms with E-state index in [-0.39, 0.29) is 5.91 Å². The first-order chi connectivity index (χ1) is 13.2. The number of methoxy groups -OCH3 is 1. The van der Waals surface area contributed by atoms with Crippen molar-refractivity contribution in [1.29, 1.82) is 0 Å². The van der Waals surface area contributed by atoms with Gasteiger partial charge in [-0.1, -0.05) is 18.2 Å². The van der Waals surface area contributed by atoms with E-state index in [1.165, 1.54) is 0 Å². The summed E-state index contributed by atoms with van der Waals surface area (Å²) in [7, 11) is 1.67. The van der Waals surface area contributed by atoms with Crippen LogP contribution in [0.15, 0.2) is 42.5 Å². The van der Waals surface area contributed by atoms with E-state index >= 15 is 0 Å². The molecule has 1 fully saturated rings. The quantitative estimate of drug-likeness (QED) is 0.780. The number of ether oxygens (including phenoxy) is 2. The van der Waals surface area contributed by atoms with Crippen molar-refractivity contribution < 1.29 is 14.3 Å². The van der Waals surface area contributed by atoms with Crippen molar-refractivity contribution in [2.45, 2.75) is 6.92 Å². The molecule has 5 heteroatoms. The van der Waals surface area contributed by atoms with E-state index in [9.17, 15) is 4.79 Å². The summed E-state index contributed by atoms with van der Waals surface area (Å²) in [5, 5.41) is 0. The molecule has 1 amide bonds. The third-order valence-electron chi connectivity index (χ3n) is 5.17. The fourth-order valence-electron chi connectivity index (χ4n) is 3.75. The zero-order chi connectivity index (χ0) is 18.8. The molecule has 1 saturated heterocycles. The van der Waals surface area contributed by atoms with Gasteiger partial charge >= 0.3 is 0 Å². The number of hydrogen-bond donors (Lipinski definition) is 0. The van der Waals surface area contributed by atoms with Crippen LogP contribution in [0.4, 0.5) is 11.4 Å². The van der Waals surface area contributed by atoms with Gasteiger partial charge in [-0.25, -0.2) is 0 Å². The molecule has 0 N–H and O–H groups in total. The maximum Gasteiger partial charge on any atom is 0.258 e. The number of rotatable bonds is 4. The number of likely N-dealkylation sites (N-methyl/N-ethyl adjacent to an activating group) is 1. The van der Waals surface area contributed by atoms with E-state index in [4.69, 9.17) is 9.47 Å². The summed E-state index contributed by atoms with van der Waals surface area (Å²) in [6, 6.07) is 14.1. The predicted molar refractivity (Wildman–Crippen MR) is 108 cm³/mol. The summed E-state index contributed by atoms with van der Waals surface area (Å²) in [5.41, 5.74) is 4.69. The van der Waals surface area contributed by atoms with Gasteiger partial charge in [-0.3, -0.25) is 4.79 Å². The largest absolute Gasteiger partial charge is 0.496 e. The van der Waals surface area contributed by atoms with Crippen molar-refractivity contribution in [2.24, 2.45) is 0 Å². The Balaban J connectivity index is 1.72. The first-order valence-corrected chi connectivity index (χ1v) is 9.36. The SMILES string of the molecule is CCN1C(=O)/C(=C/c2ccc(N3CCOCC3)cc2OC)c2ccccc21. The molecule has 0 bridgehead atoms. The molecule has 2 aromatic rings. The third kappa shape index (κ3) is 3.19. The molecule has 2 aliphatic rings. The highest BCUT2D eigenvalue weighted by Gasteiger charge is 2.31. The average Bonchev–Trinajstić information content (AvgIpc) is 3.00. The Morgan fingerprint density at radius 2 is 1.93 bits per heavy atom. The summed E-state index contributed by atoms with van der Waals surface area (Å²) >= 11 is 0. The predicted octanol–water partition coefficient (Wildman–Crippen LogP) is 3.44. The molecule has 0 saturated carbocycles. The van der Waals surface area contributed by atoms with Crippen molar-refractivity contribution in [2.75, 3.05) is 49.8 Å². The second-order valence-electron chi connectivity index (χ2n) is 6.65. The summed E-state index contributed by atoms with van der Waals surface area (Å²) in [6.07, 6.45) is 1.94.